The van der Waals surface area contributed by atoms with E-state index in [4.69, 9.17) is 0 Å². The third-order valence-electron chi connectivity index (χ3n) is 8.33. The van der Waals surface area contributed by atoms with Gasteiger partial charge in [-0.15, -0.1) is 0 Å². The van der Waals surface area contributed by atoms with E-state index < -0.39 is 0 Å². The molecule has 4 aliphatic rings. The number of phenols is 1. The van der Waals surface area contributed by atoms with Crippen molar-refractivity contribution in [2.24, 2.45) is 23.2 Å². The third-order valence-corrected chi connectivity index (χ3v) is 8.33. The number of hydrogen-bond donors (Lipinski definition) is 2. The van der Waals surface area contributed by atoms with E-state index >= 15 is 0 Å². The lowest BCUT2D eigenvalue weighted by Gasteiger charge is -2.50. The minimum Gasteiger partial charge on any atom is -0.508 e. The molecule has 0 heterocycles. The van der Waals surface area contributed by atoms with Crippen molar-refractivity contribution in [1.29, 1.82) is 0 Å². The van der Waals surface area contributed by atoms with Gasteiger partial charge in [0.15, 0.2) is 0 Å². The molecule has 0 aliphatic heterocycles. The number of amides is 1. The number of nitrogens with one attached hydrogen (secondary N) is 1. The summed E-state index contributed by atoms with van der Waals surface area (Å²) in [4.78, 5) is 13.1. The first-order valence-corrected chi connectivity index (χ1v) is 10.7. The first-order chi connectivity index (χ1) is 12.5. The van der Waals surface area contributed by atoms with E-state index in [9.17, 15) is 9.90 Å². The zero-order valence-corrected chi connectivity index (χ0v) is 15.8. The fraction of sp³-hybridized carbons (Fsp3) is 0.696. The van der Waals surface area contributed by atoms with Crippen molar-refractivity contribution in [2.45, 2.75) is 76.7 Å². The Morgan fingerprint density at radius 2 is 1.96 bits per heavy atom. The molecule has 5 atom stereocenters. The topological polar surface area (TPSA) is 49.3 Å². The number of hydrogen-bond acceptors (Lipinski definition) is 2. The molecule has 2 N–H and O–H groups in total. The average Bonchev–Trinajstić information content (AvgIpc) is 2.95. The predicted octanol–water partition coefficient (Wildman–Crippen LogP) is 4.53. The maximum atomic E-state index is 13.1. The summed E-state index contributed by atoms with van der Waals surface area (Å²) < 4.78 is 0. The SMILES string of the molecule is C[C@@]12CC[C@H](C(=O)NC3CCC3)[C@H]1[C@@H]1CCc3cc(O)ccc3[C@H]1CC2. The van der Waals surface area contributed by atoms with Crippen molar-refractivity contribution < 1.29 is 9.90 Å². The van der Waals surface area contributed by atoms with Crippen LogP contribution in [0.5, 0.6) is 5.75 Å². The molecule has 3 heteroatoms. The summed E-state index contributed by atoms with van der Waals surface area (Å²) in [5, 5.41) is 13.2. The van der Waals surface area contributed by atoms with Gasteiger partial charge in [-0.25, -0.2) is 0 Å². The van der Waals surface area contributed by atoms with Crippen LogP contribution in [0.2, 0.25) is 0 Å². The molecule has 1 aromatic carbocycles. The fourth-order valence-corrected chi connectivity index (χ4v) is 6.79. The maximum absolute atomic E-state index is 13.1. The van der Waals surface area contributed by atoms with Crippen molar-refractivity contribution in [3.8, 4) is 5.75 Å². The van der Waals surface area contributed by atoms with E-state index in [1.165, 1.54) is 56.1 Å². The summed E-state index contributed by atoms with van der Waals surface area (Å²) in [6.07, 6.45) is 10.6. The van der Waals surface area contributed by atoms with Crippen LogP contribution in [0.15, 0.2) is 18.2 Å². The van der Waals surface area contributed by atoms with Crippen LogP contribution in [0, 0.1) is 23.2 Å². The number of carbonyl (C=O) groups excluding carboxylic acids is 1. The molecule has 0 unspecified atom stereocenters. The molecule has 3 saturated carbocycles. The molecular weight excluding hydrogens is 322 g/mol. The van der Waals surface area contributed by atoms with Gasteiger partial charge < -0.3 is 10.4 Å². The lowest BCUT2D eigenvalue weighted by molar-refractivity contribution is -0.130. The maximum Gasteiger partial charge on any atom is 0.223 e. The largest absolute Gasteiger partial charge is 0.508 e. The first-order valence-electron chi connectivity index (χ1n) is 10.7. The van der Waals surface area contributed by atoms with Gasteiger partial charge in [-0.1, -0.05) is 13.0 Å². The Hall–Kier alpha value is -1.51. The Kier molecular flexibility index (Phi) is 3.84. The van der Waals surface area contributed by atoms with Gasteiger partial charge in [-0.3, -0.25) is 4.79 Å². The highest BCUT2D eigenvalue weighted by molar-refractivity contribution is 5.80. The van der Waals surface area contributed by atoms with Crippen LogP contribution in [0.3, 0.4) is 0 Å². The molecule has 3 nitrogen and oxygen atoms in total. The second-order valence-corrected chi connectivity index (χ2v) is 9.69. The van der Waals surface area contributed by atoms with E-state index in [1.54, 1.807) is 0 Å². The Morgan fingerprint density at radius 3 is 2.73 bits per heavy atom. The number of benzene rings is 1. The Labute approximate surface area is 156 Å². The summed E-state index contributed by atoms with van der Waals surface area (Å²) in [6.45, 7) is 2.46. The van der Waals surface area contributed by atoms with Crippen LogP contribution in [0.4, 0.5) is 0 Å². The minimum atomic E-state index is 0.215. The molecule has 1 aromatic rings. The Balaban J connectivity index is 1.43. The predicted molar refractivity (Wildman–Crippen MR) is 102 cm³/mol. The van der Waals surface area contributed by atoms with E-state index in [1.807, 2.05) is 12.1 Å². The summed E-state index contributed by atoms with van der Waals surface area (Å²) in [5.74, 6) is 2.69. The van der Waals surface area contributed by atoms with Crippen LogP contribution >= 0.6 is 0 Å². The van der Waals surface area contributed by atoms with E-state index in [2.05, 4.69) is 18.3 Å². The highest BCUT2D eigenvalue weighted by atomic mass is 16.3. The van der Waals surface area contributed by atoms with Gasteiger partial charge in [0, 0.05) is 12.0 Å². The van der Waals surface area contributed by atoms with Gasteiger partial charge in [0.1, 0.15) is 5.75 Å². The zero-order chi connectivity index (χ0) is 17.9. The van der Waals surface area contributed by atoms with E-state index in [0.717, 1.165) is 12.8 Å². The Morgan fingerprint density at radius 1 is 1.15 bits per heavy atom. The fourth-order valence-electron chi connectivity index (χ4n) is 6.79. The average molecular weight is 354 g/mol. The summed E-state index contributed by atoms with van der Waals surface area (Å²) in [5.41, 5.74) is 3.13. The highest BCUT2D eigenvalue weighted by Crippen LogP contribution is 2.62. The van der Waals surface area contributed by atoms with Gasteiger partial charge in [0.25, 0.3) is 0 Å². The lowest BCUT2D eigenvalue weighted by atomic mass is 9.54. The van der Waals surface area contributed by atoms with Gasteiger partial charge in [-0.2, -0.15) is 0 Å². The van der Waals surface area contributed by atoms with Gasteiger partial charge in [0.05, 0.1) is 0 Å². The molecule has 5 rings (SSSR count). The normalized spacial score (nSPS) is 38.7. The second kappa shape index (κ2) is 6.00. The van der Waals surface area contributed by atoms with E-state index in [0.29, 0.717) is 40.9 Å². The molecular formula is C23H31NO2. The monoisotopic (exact) mass is 353 g/mol. The lowest BCUT2D eigenvalue weighted by Crippen LogP contribution is -2.48. The third kappa shape index (κ3) is 2.50. The molecule has 26 heavy (non-hydrogen) atoms. The van der Waals surface area contributed by atoms with Gasteiger partial charge in [0.2, 0.25) is 5.91 Å². The van der Waals surface area contributed by atoms with Crippen LogP contribution in [-0.2, 0) is 11.2 Å². The van der Waals surface area contributed by atoms with E-state index in [-0.39, 0.29) is 5.92 Å². The zero-order valence-electron chi connectivity index (χ0n) is 15.8. The van der Waals surface area contributed by atoms with Crippen molar-refractivity contribution in [3.63, 3.8) is 0 Å². The molecule has 0 spiro atoms. The van der Waals surface area contributed by atoms with Crippen molar-refractivity contribution in [1.82, 2.24) is 5.32 Å². The van der Waals surface area contributed by atoms with Crippen molar-refractivity contribution in [2.75, 3.05) is 0 Å². The summed E-state index contributed by atoms with van der Waals surface area (Å²) >= 11 is 0. The molecule has 0 saturated heterocycles. The summed E-state index contributed by atoms with van der Waals surface area (Å²) in [6, 6.07) is 6.42. The number of rotatable bonds is 2. The van der Waals surface area contributed by atoms with Gasteiger partial charge in [-0.05, 0) is 104 Å². The number of carbonyl (C=O) groups is 1. The molecule has 1 amide bonds. The minimum absolute atomic E-state index is 0.215. The standard InChI is InChI=1S/C23H31NO2/c1-23-11-9-18-17-8-6-16(25)13-14(17)5-7-19(18)21(23)20(10-12-23)22(26)24-15-3-2-4-15/h6,8,13,15,18-21,25H,2-5,7,9-12H2,1H3,(H,24,26)/t18-,19-,20+,21-,23-/m1/s1. The molecule has 3 fully saturated rings. The van der Waals surface area contributed by atoms with Crippen LogP contribution in [0.1, 0.15) is 75.3 Å². The van der Waals surface area contributed by atoms with Crippen LogP contribution in [0.25, 0.3) is 0 Å². The Bertz CT molecular complexity index is 725. The molecule has 0 bridgehead atoms. The second-order valence-electron chi connectivity index (χ2n) is 9.69. The molecule has 0 aromatic heterocycles. The van der Waals surface area contributed by atoms with Gasteiger partial charge >= 0.3 is 0 Å². The number of aryl methyl sites for hydroxylation is 1. The van der Waals surface area contributed by atoms with Crippen molar-refractivity contribution >= 4 is 5.91 Å². The number of aromatic hydroxyl groups is 1. The summed E-state index contributed by atoms with van der Waals surface area (Å²) in [7, 11) is 0. The molecule has 0 radical (unpaired) electrons. The smallest absolute Gasteiger partial charge is 0.223 e. The number of fused-ring (bicyclic) bond motifs is 5. The highest BCUT2D eigenvalue weighted by Gasteiger charge is 2.56. The first kappa shape index (κ1) is 16.6. The molecule has 4 aliphatic carbocycles. The van der Waals surface area contributed by atoms with Crippen LogP contribution in [-0.4, -0.2) is 17.1 Å². The quantitative estimate of drug-likeness (QED) is 0.820. The number of phenolic OH excluding ortho intramolecular Hbond substituents is 1. The van der Waals surface area contributed by atoms with Crippen LogP contribution < -0.4 is 5.32 Å². The molecule has 140 valence electrons. The van der Waals surface area contributed by atoms with Crippen molar-refractivity contribution in [3.05, 3.63) is 29.3 Å².